The molecule has 1 N–H and O–H groups in total. The van der Waals surface area contributed by atoms with Crippen LogP contribution in [0.1, 0.15) is 5.69 Å². The third-order valence-electron chi connectivity index (χ3n) is 1.98. The summed E-state index contributed by atoms with van der Waals surface area (Å²) in [5.41, 5.74) is 2.26. The van der Waals surface area contributed by atoms with Crippen molar-refractivity contribution in [2.24, 2.45) is 0 Å². The van der Waals surface area contributed by atoms with E-state index >= 15 is 0 Å². The maximum atomic E-state index is 4.55. The highest BCUT2D eigenvalue weighted by Gasteiger charge is 2.03. The van der Waals surface area contributed by atoms with Gasteiger partial charge in [-0.1, -0.05) is 28.1 Å². The quantitative estimate of drug-likeness (QED) is 0.935. The van der Waals surface area contributed by atoms with Gasteiger partial charge in [0.25, 0.3) is 0 Å². The van der Waals surface area contributed by atoms with Gasteiger partial charge < -0.3 is 5.32 Å². The molecule has 0 unspecified atom stereocenters. The van der Waals surface area contributed by atoms with Crippen molar-refractivity contribution < 1.29 is 0 Å². The van der Waals surface area contributed by atoms with Gasteiger partial charge in [-0.05, 0) is 19.2 Å². The van der Waals surface area contributed by atoms with Gasteiger partial charge >= 0.3 is 0 Å². The Hall–Kier alpha value is -0.710. The molecule has 1 aromatic heterocycles. The molecule has 4 heteroatoms. The number of nitrogens with zero attached hydrogens (tertiary/aromatic N) is 1. The lowest BCUT2D eigenvalue weighted by molar-refractivity contribution is 0.798. The molecular formula is C11H11BrN2S. The fourth-order valence-corrected chi connectivity index (χ4v) is 2.54. The highest BCUT2D eigenvalue weighted by atomic mass is 79.9. The van der Waals surface area contributed by atoms with E-state index < -0.39 is 0 Å². The molecule has 1 heterocycles. The summed E-state index contributed by atoms with van der Waals surface area (Å²) in [6, 6.07) is 8.21. The predicted molar refractivity (Wildman–Crippen MR) is 68.0 cm³/mol. The van der Waals surface area contributed by atoms with Crippen LogP contribution in [0.5, 0.6) is 0 Å². The zero-order valence-corrected chi connectivity index (χ0v) is 10.7. The summed E-state index contributed by atoms with van der Waals surface area (Å²) >= 11 is 5.14. The van der Waals surface area contributed by atoms with E-state index in [1.807, 2.05) is 19.2 Å². The number of aromatic nitrogens is 1. The summed E-state index contributed by atoms with van der Waals surface area (Å²) < 4.78 is 1.09. The van der Waals surface area contributed by atoms with Crippen LogP contribution in [-0.2, 0) is 6.54 Å². The molecule has 2 nitrogen and oxygen atoms in total. The van der Waals surface area contributed by atoms with Crippen molar-refractivity contribution in [1.29, 1.82) is 0 Å². The summed E-state index contributed by atoms with van der Waals surface area (Å²) in [6.45, 7) is 0.824. The fraction of sp³-hybridized carbons (Fsp3) is 0.182. The second-order valence-corrected chi connectivity index (χ2v) is 4.96. The molecule has 0 saturated heterocycles. The zero-order chi connectivity index (χ0) is 10.7. The molecule has 0 amide bonds. The van der Waals surface area contributed by atoms with Crippen molar-refractivity contribution >= 4 is 27.3 Å². The van der Waals surface area contributed by atoms with E-state index in [1.54, 1.807) is 11.3 Å². The van der Waals surface area contributed by atoms with Crippen molar-refractivity contribution in [3.05, 3.63) is 39.8 Å². The van der Waals surface area contributed by atoms with Gasteiger partial charge in [-0.25, -0.2) is 4.98 Å². The Balaban J connectivity index is 2.29. The normalized spacial score (nSPS) is 10.5. The Morgan fingerprint density at radius 3 is 3.07 bits per heavy atom. The number of thiazole rings is 1. The molecule has 0 bridgehead atoms. The lowest BCUT2D eigenvalue weighted by atomic mass is 10.2. The van der Waals surface area contributed by atoms with E-state index in [0.717, 1.165) is 27.3 Å². The van der Waals surface area contributed by atoms with Crippen LogP contribution in [0.25, 0.3) is 10.6 Å². The average molecular weight is 283 g/mol. The molecule has 0 aliphatic rings. The van der Waals surface area contributed by atoms with Gasteiger partial charge in [0.05, 0.1) is 5.69 Å². The fourth-order valence-electron chi connectivity index (χ4n) is 1.32. The molecule has 0 spiro atoms. The highest BCUT2D eigenvalue weighted by molar-refractivity contribution is 9.10. The molecule has 1 aromatic carbocycles. The molecule has 2 rings (SSSR count). The van der Waals surface area contributed by atoms with Crippen LogP contribution in [0.3, 0.4) is 0 Å². The lowest BCUT2D eigenvalue weighted by Crippen LogP contribution is -2.04. The molecule has 15 heavy (non-hydrogen) atoms. The van der Waals surface area contributed by atoms with E-state index in [-0.39, 0.29) is 0 Å². The smallest absolute Gasteiger partial charge is 0.123 e. The van der Waals surface area contributed by atoms with Gasteiger partial charge in [0.1, 0.15) is 5.01 Å². The van der Waals surface area contributed by atoms with Crippen LogP contribution in [0.2, 0.25) is 0 Å². The number of rotatable bonds is 3. The summed E-state index contributed by atoms with van der Waals surface area (Å²) in [5, 5.41) is 6.26. The molecule has 0 aliphatic carbocycles. The summed E-state index contributed by atoms with van der Waals surface area (Å²) in [5.74, 6) is 0. The standard InChI is InChI=1S/C11H11BrN2S/c1-13-6-10-7-15-11(14-10)8-3-2-4-9(12)5-8/h2-5,7,13H,6H2,1H3. The first-order valence-corrected chi connectivity index (χ1v) is 6.32. The minimum atomic E-state index is 0.824. The molecular weight excluding hydrogens is 272 g/mol. The van der Waals surface area contributed by atoms with Gasteiger partial charge in [0.15, 0.2) is 0 Å². The monoisotopic (exact) mass is 282 g/mol. The summed E-state index contributed by atoms with van der Waals surface area (Å²) in [4.78, 5) is 4.55. The van der Waals surface area contributed by atoms with Crippen molar-refractivity contribution in [2.75, 3.05) is 7.05 Å². The van der Waals surface area contributed by atoms with Crippen LogP contribution in [-0.4, -0.2) is 12.0 Å². The van der Waals surface area contributed by atoms with Gasteiger partial charge in [-0.3, -0.25) is 0 Å². The Kier molecular flexibility index (Phi) is 3.51. The molecule has 0 radical (unpaired) electrons. The second-order valence-electron chi connectivity index (χ2n) is 3.18. The van der Waals surface area contributed by atoms with E-state index in [1.165, 1.54) is 0 Å². The van der Waals surface area contributed by atoms with E-state index in [4.69, 9.17) is 0 Å². The Morgan fingerprint density at radius 2 is 2.33 bits per heavy atom. The second kappa shape index (κ2) is 4.88. The van der Waals surface area contributed by atoms with Gasteiger partial charge in [0, 0.05) is 22.0 Å². The Bertz CT molecular complexity index is 453. The van der Waals surface area contributed by atoms with Crippen LogP contribution in [0.15, 0.2) is 34.1 Å². The third kappa shape index (κ3) is 2.65. The van der Waals surface area contributed by atoms with Gasteiger partial charge in [0.2, 0.25) is 0 Å². The molecule has 2 aromatic rings. The lowest BCUT2D eigenvalue weighted by Gasteiger charge is -1.96. The number of nitrogens with one attached hydrogen (secondary N) is 1. The number of hydrogen-bond donors (Lipinski definition) is 1. The third-order valence-corrected chi connectivity index (χ3v) is 3.41. The molecule has 0 aliphatic heterocycles. The SMILES string of the molecule is CNCc1csc(-c2cccc(Br)c2)n1. The molecule has 0 atom stereocenters. The maximum absolute atomic E-state index is 4.55. The maximum Gasteiger partial charge on any atom is 0.123 e. The van der Waals surface area contributed by atoms with Crippen LogP contribution in [0, 0.1) is 0 Å². The largest absolute Gasteiger partial charge is 0.314 e. The molecule has 78 valence electrons. The van der Waals surface area contributed by atoms with E-state index in [2.05, 4.69) is 43.7 Å². The molecule has 0 saturated carbocycles. The van der Waals surface area contributed by atoms with Crippen molar-refractivity contribution in [1.82, 2.24) is 10.3 Å². The number of benzene rings is 1. The first-order valence-electron chi connectivity index (χ1n) is 4.64. The highest BCUT2D eigenvalue weighted by Crippen LogP contribution is 2.25. The van der Waals surface area contributed by atoms with Crippen molar-refractivity contribution in [3.63, 3.8) is 0 Å². The van der Waals surface area contributed by atoms with E-state index in [9.17, 15) is 0 Å². The van der Waals surface area contributed by atoms with Gasteiger partial charge in [-0.2, -0.15) is 0 Å². The van der Waals surface area contributed by atoms with Gasteiger partial charge in [-0.15, -0.1) is 11.3 Å². The van der Waals surface area contributed by atoms with Crippen molar-refractivity contribution in [2.45, 2.75) is 6.54 Å². The van der Waals surface area contributed by atoms with Crippen LogP contribution < -0.4 is 5.32 Å². The number of hydrogen-bond acceptors (Lipinski definition) is 3. The van der Waals surface area contributed by atoms with Crippen LogP contribution in [0.4, 0.5) is 0 Å². The van der Waals surface area contributed by atoms with Crippen LogP contribution >= 0.6 is 27.3 Å². The summed E-state index contributed by atoms with van der Waals surface area (Å²) in [7, 11) is 1.93. The first kappa shape index (κ1) is 10.8. The molecule has 0 fully saturated rings. The van der Waals surface area contributed by atoms with E-state index in [0.29, 0.717) is 0 Å². The van der Waals surface area contributed by atoms with Crippen molar-refractivity contribution in [3.8, 4) is 10.6 Å². The minimum Gasteiger partial charge on any atom is -0.314 e. The Morgan fingerprint density at radius 1 is 1.47 bits per heavy atom. The first-order chi connectivity index (χ1) is 7.29. The summed E-state index contributed by atoms with van der Waals surface area (Å²) in [6.07, 6.45) is 0. The zero-order valence-electron chi connectivity index (χ0n) is 8.33. The average Bonchev–Trinajstić information content (AvgIpc) is 2.67. The Labute approximate surface area is 101 Å². The minimum absolute atomic E-state index is 0.824. The predicted octanol–water partition coefficient (Wildman–Crippen LogP) is 3.29. The number of halogens is 1. The topological polar surface area (TPSA) is 24.9 Å².